The number of benzene rings is 1. The first-order chi connectivity index (χ1) is 7.58. The summed E-state index contributed by atoms with van der Waals surface area (Å²) in [6, 6.07) is 7.39. The van der Waals surface area contributed by atoms with Gasteiger partial charge in [-0.15, -0.1) is 0 Å². The summed E-state index contributed by atoms with van der Waals surface area (Å²) in [6.45, 7) is 5.50. The monoisotopic (exact) mass is 282 g/mol. The average Bonchev–Trinajstić information content (AvgIpc) is 2.22. The maximum atomic E-state index is 6.00. The van der Waals surface area contributed by atoms with Gasteiger partial charge in [-0.3, -0.25) is 0 Å². The summed E-state index contributed by atoms with van der Waals surface area (Å²) in [7, 11) is 0. The van der Waals surface area contributed by atoms with Crippen LogP contribution in [0, 0.1) is 6.92 Å². The highest BCUT2D eigenvalue weighted by atomic mass is 79.9. The minimum atomic E-state index is 0.374. The van der Waals surface area contributed by atoms with Gasteiger partial charge in [-0.25, -0.2) is 0 Å². The lowest BCUT2D eigenvalue weighted by Gasteiger charge is -2.39. The van der Waals surface area contributed by atoms with Crippen molar-refractivity contribution >= 4 is 21.6 Å². The lowest BCUT2D eigenvalue weighted by molar-refractivity contribution is 0.429. The molecule has 1 aromatic carbocycles. The second kappa shape index (κ2) is 4.76. The topological polar surface area (TPSA) is 29.3 Å². The Morgan fingerprint density at radius 1 is 1.44 bits per heavy atom. The molecule has 88 valence electrons. The van der Waals surface area contributed by atoms with E-state index in [2.05, 4.69) is 52.9 Å². The normalized spacial score (nSPS) is 25.9. The Labute approximate surface area is 106 Å². The highest BCUT2D eigenvalue weighted by Gasteiger charge is 2.24. The Balaban J connectivity index is 2.26. The van der Waals surface area contributed by atoms with E-state index < -0.39 is 0 Å². The molecule has 0 saturated carbocycles. The molecule has 0 radical (unpaired) electrons. The highest BCUT2D eigenvalue weighted by molar-refractivity contribution is 9.10. The SMILES string of the molecule is Cc1ccc(Br)cc1N1CCC(N)CC1C. The quantitative estimate of drug-likeness (QED) is 0.858. The first-order valence-electron chi connectivity index (χ1n) is 5.86. The number of aryl methyl sites for hydroxylation is 1. The molecule has 16 heavy (non-hydrogen) atoms. The number of nitrogens with zero attached hydrogens (tertiary/aromatic N) is 1. The molecule has 1 aliphatic heterocycles. The molecule has 1 aromatic rings. The summed E-state index contributed by atoms with van der Waals surface area (Å²) < 4.78 is 1.15. The van der Waals surface area contributed by atoms with E-state index in [0.717, 1.165) is 23.9 Å². The van der Waals surface area contributed by atoms with Crippen LogP contribution in [0.5, 0.6) is 0 Å². The third-order valence-corrected chi connectivity index (χ3v) is 3.89. The van der Waals surface area contributed by atoms with E-state index in [4.69, 9.17) is 5.73 Å². The maximum Gasteiger partial charge on any atom is 0.0409 e. The molecule has 2 nitrogen and oxygen atoms in total. The summed E-state index contributed by atoms with van der Waals surface area (Å²) >= 11 is 3.54. The van der Waals surface area contributed by atoms with Gasteiger partial charge in [0.2, 0.25) is 0 Å². The van der Waals surface area contributed by atoms with E-state index in [0.29, 0.717) is 12.1 Å². The number of hydrogen-bond donors (Lipinski definition) is 1. The Morgan fingerprint density at radius 3 is 2.88 bits per heavy atom. The van der Waals surface area contributed by atoms with Crippen LogP contribution in [0.3, 0.4) is 0 Å². The van der Waals surface area contributed by atoms with E-state index >= 15 is 0 Å². The van der Waals surface area contributed by atoms with Gasteiger partial charge in [0.1, 0.15) is 0 Å². The Hall–Kier alpha value is -0.540. The number of halogens is 1. The van der Waals surface area contributed by atoms with Crippen LogP contribution < -0.4 is 10.6 Å². The molecule has 2 atom stereocenters. The van der Waals surface area contributed by atoms with Crippen molar-refractivity contribution in [3.8, 4) is 0 Å². The fourth-order valence-corrected chi connectivity index (χ4v) is 2.81. The van der Waals surface area contributed by atoms with Gasteiger partial charge in [0.25, 0.3) is 0 Å². The number of piperidine rings is 1. The van der Waals surface area contributed by atoms with Crippen LogP contribution in [0.1, 0.15) is 25.3 Å². The lowest BCUT2D eigenvalue weighted by atomic mass is 9.97. The zero-order valence-corrected chi connectivity index (χ0v) is 11.5. The fourth-order valence-electron chi connectivity index (χ4n) is 2.46. The zero-order valence-electron chi connectivity index (χ0n) is 9.91. The molecule has 1 fully saturated rings. The van der Waals surface area contributed by atoms with Crippen LogP contribution in [0.25, 0.3) is 0 Å². The molecular weight excluding hydrogens is 264 g/mol. The number of hydrogen-bond acceptors (Lipinski definition) is 2. The second-order valence-corrected chi connectivity index (χ2v) is 5.67. The molecule has 0 spiro atoms. The number of nitrogens with two attached hydrogens (primary N) is 1. The van der Waals surface area contributed by atoms with Gasteiger partial charge in [0, 0.05) is 28.8 Å². The van der Waals surface area contributed by atoms with Crippen molar-refractivity contribution in [3.63, 3.8) is 0 Å². The van der Waals surface area contributed by atoms with Crippen LogP contribution in [0.15, 0.2) is 22.7 Å². The van der Waals surface area contributed by atoms with Crippen LogP contribution in [-0.4, -0.2) is 18.6 Å². The largest absolute Gasteiger partial charge is 0.368 e. The lowest BCUT2D eigenvalue weighted by Crippen LogP contribution is -2.45. The van der Waals surface area contributed by atoms with E-state index in [1.807, 2.05) is 0 Å². The summed E-state index contributed by atoms with van der Waals surface area (Å²) in [5, 5.41) is 0. The highest BCUT2D eigenvalue weighted by Crippen LogP contribution is 2.29. The van der Waals surface area contributed by atoms with Crippen LogP contribution in [-0.2, 0) is 0 Å². The molecular formula is C13H19BrN2. The first-order valence-corrected chi connectivity index (χ1v) is 6.65. The van der Waals surface area contributed by atoms with Crippen molar-refractivity contribution < 1.29 is 0 Å². The molecule has 2 N–H and O–H groups in total. The third kappa shape index (κ3) is 2.41. The molecule has 1 heterocycles. The van der Waals surface area contributed by atoms with Gasteiger partial charge in [0.05, 0.1) is 0 Å². The molecule has 3 heteroatoms. The number of anilines is 1. The maximum absolute atomic E-state index is 6.00. The molecule has 0 bridgehead atoms. The fraction of sp³-hybridized carbons (Fsp3) is 0.538. The minimum Gasteiger partial charge on any atom is -0.368 e. The van der Waals surface area contributed by atoms with Gasteiger partial charge in [-0.2, -0.15) is 0 Å². The Kier molecular flexibility index (Phi) is 3.55. The van der Waals surface area contributed by atoms with Crippen molar-refractivity contribution in [3.05, 3.63) is 28.2 Å². The second-order valence-electron chi connectivity index (χ2n) is 4.76. The van der Waals surface area contributed by atoms with Gasteiger partial charge < -0.3 is 10.6 Å². The smallest absolute Gasteiger partial charge is 0.0409 e. The van der Waals surface area contributed by atoms with Gasteiger partial charge >= 0.3 is 0 Å². The van der Waals surface area contributed by atoms with Gasteiger partial charge in [0.15, 0.2) is 0 Å². The van der Waals surface area contributed by atoms with Crippen molar-refractivity contribution in [2.75, 3.05) is 11.4 Å². The zero-order chi connectivity index (χ0) is 11.7. The van der Waals surface area contributed by atoms with Gasteiger partial charge in [-0.05, 0) is 44.4 Å². The predicted octanol–water partition coefficient (Wildman–Crippen LogP) is 3.07. The molecule has 0 aliphatic carbocycles. The average molecular weight is 283 g/mol. The van der Waals surface area contributed by atoms with E-state index in [9.17, 15) is 0 Å². The molecule has 1 saturated heterocycles. The van der Waals surface area contributed by atoms with E-state index in [-0.39, 0.29) is 0 Å². The molecule has 1 aliphatic rings. The van der Waals surface area contributed by atoms with E-state index in [1.54, 1.807) is 0 Å². The first kappa shape index (κ1) is 11.9. The minimum absolute atomic E-state index is 0.374. The Bertz CT molecular complexity index is 378. The van der Waals surface area contributed by atoms with E-state index in [1.165, 1.54) is 11.3 Å². The van der Waals surface area contributed by atoms with Crippen LogP contribution in [0.2, 0.25) is 0 Å². The van der Waals surface area contributed by atoms with Crippen molar-refractivity contribution in [1.82, 2.24) is 0 Å². The molecule has 2 unspecified atom stereocenters. The summed E-state index contributed by atoms with van der Waals surface area (Å²) in [5.74, 6) is 0. The van der Waals surface area contributed by atoms with Crippen LogP contribution >= 0.6 is 15.9 Å². The Morgan fingerprint density at radius 2 is 2.19 bits per heavy atom. The van der Waals surface area contributed by atoms with Gasteiger partial charge in [-0.1, -0.05) is 22.0 Å². The summed E-state index contributed by atoms with van der Waals surface area (Å²) in [6.07, 6.45) is 2.18. The summed E-state index contributed by atoms with van der Waals surface area (Å²) in [4.78, 5) is 2.48. The summed E-state index contributed by atoms with van der Waals surface area (Å²) in [5.41, 5.74) is 8.68. The van der Waals surface area contributed by atoms with Crippen LogP contribution in [0.4, 0.5) is 5.69 Å². The molecule has 0 aromatic heterocycles. The number of rotatable bonds is 1. The van der Waals surface area contributed by atoms with Crippen molar-refractivity contribution in [1.29, 1.82) is 0 Å². The molecule has 0 amide bonds. The predicted molar refractivity (Wildman–Crippen MR) is 72.9 cm³/mol. The standard InChI is InChI=1S/C13H19BrN2/c1-9-3-4-11(14)8-13(9)16-6-5-12(15)7-10(16)2/h3-4,8,10,12H,5-7,15H2,1-2H3. The third-order valence-electron chi connectivity index (χ3n) is 3.40. The van der Waals surface area contributed by atoms with Crippen molar-refractivity contribution in [2.24, 2.45) is 5.73 Å². The molecule has 2 rings (SSSR count). The van der Waals surface area contributed by atoms with Crippen molar-refractivity contribution in [2.45, 2.75) is 38.8 Å².